The second kappa shape index (κ2) is 6.30. The molecule has 5 nitrogen and oxygen atoms in total. The molecular weight excluding hydrogens is 314 g/mol. The Morgan fingerprint density at radius 3 is 2.91 bits per heavy atom. The molecule has 1 amide bonds. The summed E-state index contributed by atoms with van der Waals surface area (Å²) >= 11 is 5.95. The molecular formula is C17H16ClN3O2. The molecule has 0 aliphatic heterocycles. The number of nitrogens with zero attached hydrogens (tertiary/aromatic N) is 2. The molecule has 0 aliphatic rings. The lowest BCUT2D eigenvalue weighted by Gasteiger charge is -2.07. The minimum atomic E-state index is -0.168. The molecule has 118 valence electrons. The van der Waals surface area contributed by atoms with Crippen molar-refractivity contribution in [3.8, 4) is 5.75 Å². The van der Waals surface area contributed by atoms with Crippen molar-refractivity contribution in [2.24, 2.45) is 0 Å². The van der Waals surface area contributed by atoms with Crippen LogP contribution in [0.25, 0.3) is 5.65 Å². The maximum absolute atomic E-state index is 12.2. The summed E-state index contributed by atoms with van der Waals surface area (Å²) in [7, 11) is 1.59. The van der Waals surface area contributed by atoms with Gasteiger partial charge in [-0.1, -0.05) is 17.7 Å². The van der Waals surface area contributed by atoms with Gasteiger partial charge in [-0.15, -0.1) is 0 Å². The van der Waals surface area contributed by atoms with Gasteiger partial charge >= 0.3 is 0 Å². The number of methoxy groups -OCH3 is 1. The Morgan fingerprint density at radius 1 is 1.30 bits per heavy atom. The summed E-state index contributed by atoms with van der Waals surface area (Å²) in [5.41, 5.74) is 3.09. The largest absolute Gasteiger partial charge is 0.496 e. The number of aromatic nitrogens is 2. The van der Waals surface area contributed by atoms with Gasteiger partial charge in [0, 0.05) is 18.0 Å². The molecule has 3 rings (SSSR count). The zero-order chi connectivity index (χ0) is 16.4. The number of pyridine rings is 1. The standard InChI is InChI=1S/C17H16ClN3O2/c1-11-3-4-12(7-15(11)23-2)17(22)19-8-14-10-21-9-13(18)5-6-16(21)20-14/h3-7,9-10H,8H2,1-2H3,(H,19,22). The van der Waals surface area contributed by atoms with E-state index in [1.54, 1.807) is 31.5 Å². The number of nitrogens with one attached hydrogen (secondary N) is 1. The number of benzene rings is 1. The van der Waals surface area contributed by atoms with Crippen molar-refractivity contribution in [2.45, 2.75) is 13.5 Å². The van der Waals surface area contributed by atoms with E-state index in [0.717, 1.165) is 16.9 Å². The number of carbonyl (C=O) groups excluding carboxylic acids is 1. The summed E-state index contributed by atoms with van der Waals surface area (Å²) in [5, 5.41) is 3.49. The van der Waals surface area contributed by atoms with Crippen LogP contribution in [0.1, 0.15) is 21.6 Å². The van der Waals surface area contributed by atoms with Crippen LogP contribution in [-0.4, -0.2) is 22.4 Å². The number of hydrogen-bond acceptors (Lipinski definition) is 3. The Balaban J connectivity index is 1.72. The number of amides is 1. The lowest BCUT2D eigenvalue weighted by Crippen LogP contribution is -2.23. The van der Waals surface area contributed by atoms with Gasteiger partial charge in [0.05, 0.1) is 24.4 Å². The van der Waals surface area contributed by atoms with Crippen molar-refractivity contribution >= 4 is 23.2 Å². The van der Waals surface area contributed by atoms with Crippen LogP contribution in [-0.2, 0) is 6.54 Å². The predicted molar refractivity (Wildman–Crippen MR) is 89.1 cm³/mol. The maximum atomic E-state index is 12.2. The van der Waals surface area contributed by atoms with Crippen molar-refractivity contribution in [3.05, 3.63) is 64.6 Å². The maximum Gasteiger partial charge on any atom is 0.251 e. The topological polar surface area (TPSA) is 55.6 Å². The van der Waals surface area contributed by atoms with Gasteiger partial charge in [-0.25, -0.2) is 4.98 Å². The molecule has 0 unspecified atom stereocenters. The minimum absolute atomic E-state index is 0.168. The van der Waals surface area contributed by atoms with E-state index in [-0.39, 0.29) is 5.91 Å². The molecule has 0 fully saturated rings. The molecule has 6 heteroatoms. The Bertz CT molecular complexity index is 873. The summed E-state index contributed by atoms with van der Waals surface area (Å²) in [6.45, 7) is 2.27. The number of imidazole rings is 1. The van der Waals surface area contributed by atoms with Gasteiger partial charge < -0.3 is 14.5 Å². The van der Waals surface area contributed by atoms with Crippen LogP contribution in [0.15, 0.2) is 42.7 Å². The number of halogens is 1. The molecule has 1 aromatic carbocycles. The second-order valence-corrected chi connectivity index (χ2v) is 5.65. The molecule has 0 radical (unpaired) electrons. The average Bonchev–Trinajstić information content (AvgIpc) is 2.95. The van der Waals surface area contributed by atoms with E-state index in [1.807, 2.05) is 29.7 Å². The van der Waals surface area contributed by atoms with E-state index < -0.39 is 0 Å². The third-order valence-electron chi connectivity index (χ3n) is 3.57. The summed E-state index contributed by atoms with van der Waals surface area (Å²) in [5.74, 6) is 0.526. The lowest BCUT2D eigenvalue weighted by molar-refractivity contribution is 0.0950. The third-order valence-corrected chi connectivity index (χ3v) is 3.79. The van der Waals surface area contributed by atoms with Crippen molar-refractivity contribution in [3.63, 3.8) is 0 Å². The summed E-state index contributed by atoms with van der Waals surface area (Å²) in [6, 6.07) is 8.98. The lowest BCUT2D eigenvalue weighted by atomic mass is 10.1. The van der Waals surface area contributed by atoms with Crippen molar-refractivity contribution in [1.82, 2.24) is 14.7 Å². The Labute approximate surface area is 138 Å². The van der Waals surface area contributed by atoms with Gasteiger partial charge in [0.15, 0.2) is 0 Å². The fourth-order valence-electron chi connectivity index (χ4n) is 2.34. The molecule has 1 N–H and O–H groups in total. The third kappa shape index (κ3) is 3.29. The van der Waals surface area contributed by atoms with E-state index in [1.165, 1.54) is 0 Å². The number of hydrogen-bond donors (Lipinski definition) is 1. The molecule has 0 saturated heterocycles. The van der Waals surface area contributed by atoms with Gasteiger partial charge in [-0.3, -0.25) is 4.79 Å². The smallest absolute Gasteiger partial charge is 0.251 e. The van der Waals surface area contributed by atoms with Crippen LogP contribution in [0.2, 0.25) is 5.02 Å². The zero-order valence-electron chi connectivity index (χ0n) is 12.8. The Morgan fingerprint density at radius 2 is 2.13 bits per heavy atom. The molecule has 0 atom stereocenters. The highest BCUT2D eigenvalue weighted by molar-refractivity contribution is 6.30. The molecule has 3 aromatic rings. The van der Waals surface area contributed by atoms with Crippen molar-refractivity contribution < 1.29 is 9.53 Å². The number of carbonyl (C=O) groups is 1. The second-order valence-electron chi connectivity index (χ2n) is 5.21. The van der Waals surface area contributed by atoms with Crippen LogP contribution in [0, 0.1) is 6.92 Å². The SMILES string of the molecule is COc1cc(C(=O)NCc2cn3cc(Cl)ccc3n2)ccc1C. The molecule has 2 heterocycles. The van der Waals surface area contributed by atoms with Crippen molar-refractivity contribution in [2.75, 3.05) is 7.11 Å². The van der Waals surface area contributed by atoms with Gasteiger partial charge in [-0.05, 0) is 36.8 Å². The quantitative estimate of drug-likeness (QED) is 0.799. The average molecular weight is 330 g/mol. The van der Waals surface area contributed by atoms with Gasteiger partial charge in [0.1, 0.15) is 11.4 Å². The molecule has 2 aromatic heterocycles. The molecule has 0 saturated carbocycles. The first-order valence-corrected chi connectivity index (χ1v) is 7.50. The minimum Gasteiger partial charge on any atom is -0.496 e. The molecule has 23 heavy (non-hydrogen) atoms. The Kier molecular flexibility index (Phi) is 4.21. The van der Waals surface area contributed by atoms with Crippen LogP contribution >= 0.6 is 11.6 Å². The number of ether oxygens (including phenoxy) is 1. The van der Waals surface area contributed by atoms with Gasteiger partial charge in [0.2, 0.25) is 0 Å². The zero-order valence-corrected chi connectivity index (χ0v) is 13.6. The Hall–Kier alpha value is -2.53. The first-order chi connectivity index (χ1) is 11.1. The predicted octanol–water partition coefficient (Wildman–Crippen LogP) is 3.23. The summed E-state index contributed by atoms with van der Waals surface area (Å²) in [4.78, 5) is 16.7. The van der Waals surface area contributed by atoms with E-state index in [4.69, 9.17) is 16.3 Å². The van der Waals surface area contributed by atoms with Gasteiger partial charge in [0.25, 0.3) is 5.91 Å². The van der Waals surface area contributed by atoms with E-state index in [9.17, 15) is 4.79 Å². The normalized spacial score (nSPS) is 10.7. The fourth-order valence-corrected chi connectivity index (χ4v) is 2.50. The van der Waals surface area contributed by atoms with E-state index in [0.29, 0.717) is 22.9 Å². The first kappa shape index (κ1) is 15.4. The van der Waals surface area contributed by atoms with E-state index >= 15 is 0 Å². The summed E-state index contributed by atoms with van der Waals surface area (Å²) < 4.78 is 7.07. The molecule has 0 bridgehead atoms. The van der Waals surface area contributed by atoms with Crippen LogP contribution in [0.3, 0.4) is 0 Å². The highest BCUT2D eigenvalue weighted by Gasteiger charge is 2.09. The van der Waals surface area contributed by atoms with Crippen LogP contribution in [0.4, 0.5) is 0 Å². The fraction of sp³-hybridized carbons (Fsp3) is 0.176. The molecule has 0 aliphatic carbocycles. The molecule has 0 spiro atoms. The number of aryl methyl sites for hydroxylation is 1. The number of fused-ring (bicyclic) bond motifs is 1. The highest BCUT2D eigenvalue weighted by atomic mass is 35.5. The van der Waals surface area contributed by atoms with Crippen LogP contribution in [0.5, 0.6) is 5.75 Å². The van der Waals surface area contributed by atoms with E-state index in [2.05, 4.69) is 10.3 Å². The summed E-state index contributed by atoms with van der Waals surface area (Å²) in [6.07, 6.45) is 3.62. The highest BCUT2D eigenvalue weighted by Crippen LogP contribution is 2.19. The van der Waals surface area contributed by atoms with Gasteiger partial charge in [-0.2, -0.15) is 0 Å². The van der Waals surface area contributed by atoms with Crippen LogP contribution < -0.4 is 10.1 Å². The number of rotatable bonds is 4. The monoisotopic (exact) mass is 329 g/mol. The first-order valence-electron chi connectivity index (χ1n) is 7.13. The van der Waals surface area contributed by atoms with Crippen molar-refractivity contribution in [1.29, 1.82) is 0 Å².